The molecule has 0 spiro atoms. The molecule has 0 N–H and O–H groups in total. The molecule has 0 unspecified atom stereocenters. The van der Waals surface area contributed by atoms with Crippen molar-refractivity contribution >= 4 is 8.41 Å². The third-order valence-electron chi connectivity index (χ3n) is 13.4. The van der Waals surface area contributed by atoms with Gasteiger partial charge in [-0.15, -0.1) is 0 Å². The Morgan fingerprint density at radius 3 is 0.411 bits per heavy atom. The number of unbranched alkanes of at least 4 members (excludes halogenated alkanes) is 45. The number of halogens is 1. The molecular weight excluding hydrogens is 696 g/mol. The van der Waals surface area contributed by atoms with Gasteiger partial charge in [0.15, 0.2) is 0 Å². The maximum atomic E-state index is 16.6. The third-order valence-corrected chi connectivity index (χ3v) is 17.2. The van der Waals surface area contributed by atoms with Crippen LogP contribution in [0.2, 0.25) is 18.1 Å². The first-order valence-corrected chi connectivity index (χ1v) is 29.9. The molecule has 0 amide bonds. The smallest absolute Gasteiger partial charge is 0.247 e. The molecule has 0 saturated carbocycles. The van der Waals surface area contributed by atoms with E-state index in [2.05, 4.69) is 20.8 Å². The molecule has 338 valence electrons. The average Bonchev–Trinajstić information content (AvgIpc) is 3.20. The van der Waals surface area contributed by atoms with Gasteiger partial charge < -0.3 is 4.11 Å². The predicted molar refractivity (Wildman–Crippen MR) is 260 cm³/mol. The van der Waals surface area contributed by atoms with Crippen molar-refractivity contribution in [3.63, 3.8) is 0 Å². The van der Waals surface area contributed by atoms with Gasteiger partial charge >= 0.3 is 0 Å². The lowest BCUT2D eigenvalue weighted by Gasteiger charge is -2.23. The molecule has 0 bridgehead atoms. The minimum Gasteiger partial charge on any atom is -0.314 e. The molecule has 0 aromatic carbocycles. The van der Waals surface area contributed by atoms with Gasteiger partial charge in [-0.1, -0.05) is 329 Å². The summed E-state index contributed by atoms with van der Waals surface area (Å²) < 4.78 is 16.6. The van der Waals surface area contributed by atoms with Crippen LogP contribution >= 0.6 is 0 Å². The van der Waals surface area contributed by atoms with Gasteiger partial charge in [0.2, 0.25) is 8.41 Å². The molecule has 0 aromatic heterocycles. The Balaban J connectivity index is 4.08. The van der Waals surface area contributed by atoms with Crippen LogP contribution in [-0.2, 0) is 0 Å². The lowest BCUT2D eigenvalue weighted by Crippen LogP contribution is -2.28. The first-order chi connectivity index (χ1) is 27.7. The van der Waals surface area contributed by atoms with Crippen molar-refractivity contribution in [2.45, 2.75) is 347 Å². The van der Waals surface area contributed by atoms with E-state index in [0.717, 1.165) is 18.1 Å². The zero-order valence-corrected chi connectivity index (χ0v) is 40.9. The van der Waals surface area contributed by atoms with E-state index < -0.39 is 8.41 Å². The van der Waals surface area contributed by atoms with Crippen LogP contribution in [-0.4, -0.2) is 8.41 Å². The third kappa shape index (κ3) is 46.8. The van der Waals surface area contributed by atoms with Crippen molar-refractivity contribution in [2.24, 2.45) is 0 Å². The molecule has 0 heterocycles. The first-order valence-electron chi connectivity index (χ1n) is 27.4. The van der Waals surface area contributed by atoms with Gasteiger partial charge in [0.05, 0.1) is 0 Å². The number of hydrogen-bond acceptors (Lipinski definition) is 0. The minimum absolute atomic E-state index is 0.975. The quantitative estimate of drug-likeness (QED) is 0.0326. The van der Waals surface area contributed by atoms with E-state index in [-0.39, 0.29) is 0 Å². The molecule has 0 aromatic rings. The second kappa shape index (κ2) is 49.5. The highest BCUT2D eigenvalue weighted by molar-refractivity contribution is 6.73. The largest absolute Gasteiger partial charge is 0.314 e. The monoisotopic (exact) mass is 807 g/mol. The molecule has 0 rings (SSSR count). The molecule has 0 nitrogen and oxygen atoms in total. The molecule has 2 heteroatoms. The van der Waals surface area contributed by atoms with Gasteiger partial charge in [-0.3, -0.25) is 0 Å². The number of hydrogen-bond donors (Lipinski definition) is 0. The highest BCUT2D eigenvalue weighted by atomic mass is 28.4. The van der Waals surface area contributed by atoms with Gasteiger partial charge in [-0.25, -0.2) is 0 Å². The summed E-state index contributed by atoms with van der Waals surface area (Å²) in [5, 5.41) is 0. The van der Waals surface area contributed by atoms with Gasteiger partial charge in [-0.2, -0.15) is 0 Å². The maximum Gasteiger partial charge on any atom is 0.247 e. The van der Waals surface area contributed by atoms with Gasteiger partial charge in [0.1, 0.15) is 0 Å². The Morgan fingerprint density at radius 2 is 0.286 bits per heavy atom. The van der Waals surface area contributed by atoms with Crippen LogP contribution in [0.1, 0.15) is 329 Å². The predicted octanol–water partition coefficient (Wildman–Crippen LogP) is 21.7. The second-order valence-electron chi connectivity index (χ2n) is 19.3. The highest BCUT2D eigenvalue weighted by Gasteiger charge is 2.32. The first kappa shape index (κ1) is 56.1. The molecule has 0 aliphatic carbocycles. The van der Waals surface area contributed by atoms with E-state index in [1.807, 2.05) is 0 Å². The Kier molecular flexibility index (Phi) is 49.6. The normalized spacial score (nSPS) is 12.0. The Labute approximate surface area is 358 Å². The van der Waals surface area contributed by atoms with Crippen LogP contribution in [0.25, 0.3) is 0 Å². The molecular formula is C54H111FSi. The summed E-state index contributed by atoms with van der Waals surface area (Å²) in [5.74, 6) is 0. The fourth-order valence-corrected chi connectivity index (χ4v) is 12.7. The fraction of sp³-hybridized carbons (Fsp3) is 1.00. The Morgan fingerprint density at radius 1 is 0.179 bits per heavy atom. The van der Waals surface area contributed by atoms with Gasteiger partial charge in [0, 0.05) is 0 Å². The lowest BCUT2D eigenvalue weighted by atomic mass is 10.0. The Bertz CT molecular complexity index is 589. The topological polar surface area (TPSA) is 0 Å². The van der Waals surface area contributed by atoms with E-state index in [9.17, 15) is 0 Å². The van der Waals surface area contributed by atoms with E-state index >= 15 is 4.11 Å². The zero-order valence-electron chi connectivity index (χ0n) is 39.9. The number of rotatable bonds is 51. The maximum absolute atomic E-state index is 16.6. The van der Waals surface area contributed by atoms with Gasteiger partial charge in [-0.05, 0) is 18.1 Å². The molecule has 0 aliphatic rings. The molecule has 0 radical (unpaired) electrons. The fourth-order valence-electron chi connectivity index (χ4n) is 9.34. The summed E-state index contributed by atoms with van der Waals surface area (Å²) in [5.41, 5.74) is 0. The zero-order chi connectivity index (χ0) is 40.6. The molecule has 0 fully saturated rings. The van der Waals surface area contributed by atoms with Crippen molar-refractivity contribution in [3.05, 3.63) is 0 Å². The average molecular weight is 808 g/mol. The molecule has 56 heavy (non-hydrogen) atoms. The standard InChI is InChI=1S/C54H111FSi/c1-4-7-10-13-16-19-22-25-28-31-34-37-40-43-46-49-52-56(55,53-50-47-44-41-38-35-32-29-26-23-20-17-14-11-8-5-2)54-51-48-45-42-39-36-33-30-27-24-21-18-15-12-9-6-3/h4-54H2,1-3H3. The summed E-state index contributed by atoms with van der Waals surface area (Å²) in [6, 6.07) is 2.93. The summed E-state index contributed by atoms with van der Waals surface area (Å²) in [4.78, 5) is 0. The van der Waals surface area contributed by atoms with Crippen molar-refractivity contribution in [1.29, 1.82) is 0 Å². The van der Waals surface area contributed by atoms with E-state index in [0.29, 0.717) is 0 Å². The second-order valence-corrected chi connectivity index (χ2v) is 23.1. The van der Waals surface area contributed by atoms with Crippen molar-refractivity contribution in [3.8, 4) is 0 Å². The van der Waals surface area contributed by atoms with Crippen molar-refractivity contribution in [1.82, 2.24) is 0 Å². The summed E-state index contributed by atoms with van der Waals surface area (Å²) in [7, 11) is -2.57. The molecule has 0 saturated heterocycles. The molecule has 0 atom stereocenters. The van der Waals surface area contributed by atoms with Gasteiger partial charge in [0.25, 0.3) is 0 Å². The SMILES string of the molecule is CCCCCCCCCCCCCCCCCC[Si](F)(CCCCCCCCCCCCCCCCCC)CCCCCCCCCCCCCCCCCC. The van der Waals surface area contributed by atoms with Crippen LogP contribution in [0.5, 0.6) is 0 Å². The van der Waals surface area contributed by atoms with Crippen LogP contribution < -0.4 is 0 Å². The van der Waals surface area contributed by atoms with Crippen LogP contribution in [0.4, 0.5) is 4.11 Å². The molecule has 0 aliphatic heterocycles. The van der Waals surface area contributed by atoms with Crippen LogP contribution in [0, 0.1) is 0 Å². The van der Waals surface area contributed by atoms with Crippen molar-refractivity contribution < 1.29 is 4.11 Å². The summed E-state index contributed by atoms with van der Waals surface area (Å²) >= 11 is 0. The van der Waals surface area contributed by atoms with Crippen molar-refractivity contribution in [2.75, 3.05) is 0 Å². The highest BCUT2D eigenvalue weighted by Crippen LogP contribution is 2.31. The lowest BCUT2D eigenvalue weighted by molar-refractivity contribution is 0.527. The van der Waals surface area contributed by atoms with E-state index in [1.165, 1.54) is 308 Å². The Hall–Kier alpha value is 0.147. The minimum atomic E-state index is -2.57. The van der Waals surface area contributed by atoms with E-state index in [4.69, 9.17) is 0 Å². The van der Waals surface area contributed by atoms with E-state index in [1.54, 1.807) is 0 Å². The van der Waals surface area contributed by atoms with Crippen LogP contribution in [0.15, 0.2) is 0 Å². The van der Waals surface area contributed by atoms with Crippen LogP contribution in [0.3, 0.4) is 0 Å². The summed E-state index contributed by atoms with van der Waals surface area (Å²) in [6.07, 6.45) is 67.3. The summed E-state index contributed by atoms with van der Waals surface area (Å²) in [6.45, 7) is 6.92.